The SMILES string of the molecule is CCC1CC(=O)c2sc(N)c(C(N)=O)c2C1. The summed E-state index contributed by atoms with van der Waals surface area (Å²) in [6, 6.07) is 0. The third-order valence-electron chi connectivity index (χ3n) is 3.08. The minimum absolute atomic E-state index is 0.0947. The number of rotatable bonds is 2. The molecule has 86 valence electrons. The van der Waals surface area contributed by atoms with Gasteiger partial charge in [0.25, 0.3) is 5.91 Å². The van der Waals surface area contributed by atoms with Crippen molar-refractivity contribution in [1.29, 1.82) is 0 Å². The fourth-order valence-electron chi connectivity index (χ4n) is 2.18. The summed E-state index contributed by atoms with van der Waals surface area (Å²) >= 11 is 1.19. The molecule has 1 aromatic rings. The monoisotopic (exact) mass is 238 g/mol. The molecule has 4 nitrogen and oxygen atoms in total. The third-order valence-corrected chi connectivity index (χ3v) is 4.18. The van der Waals surface area contributed by atoms with Crippen LogP contribution >= 0.6 is 11.3 Å². The number of anilines is 1. The van der Waals surface area contributed by atoms with Gasteiger partial charge in [0.05, 0.1) is 15.4 Å². The molecule has 0 aliphatic heterocycles. The first-order valence-electron chi connectivity index (χ1n) is 5.28. The first kappa shape index (κ1) is 11.1. The fourth-order valence-corrected chi connectivity index (χ4v) is 3.23. The van der Waals surface area contributed by atoms with E-state index in [0.29, 0.717) is 27.8 Å². The van der Waals surface area contributed by atoms with E-state index in [1.54, 1.807) is 0 Å². The number of Topliss-reactive ketones (excluding diaryl/α,β-unsaturated/α-hetero) is 1. The Bertz CT molecular complexity index is 465. The van der Waals surface area contributed by atoms with Crippen molar-refractivity contribution in [2.45, 2.75) is 26.2 Å². The molecule has 0 spiro atoms. The van der Waals surface area contributed by atoms with Crippen LogP contribution in [0.15, 0.2) is 0 Å². The number of nitrogens with two attached hydrogens (primary N) is 2. The molecule has 0 fully saturated rings. The molecule has 2 rings (SSSR count). The summed E-state index contributed by atoms with van der Waals surface area (Å²) in [4.78, 5) is 23.8. The Balaban J connectivity index is 2.53. The maximum atomic E-state index is 11.8. The van der Waals surface area contributed by atoms with Crippen LogP contribution in [-0.2, 0) is 6.42 Å². The van der Waals surface area contributed by atoms with Gasteiger partial charge in [-0.2, -0.15) is 0 Å². The van der Waals surface area contributed by atoms with Crippen LogP contribution in [0.2, 0.25) is 0 Å². The molecule has 0 saturated heterocycles. The van der Waals surface area contributed by atoms with E-state index >= 15 is 0 Å². The van der Waals surface area contributed by atoms with Crippen LogP contribution in [0.25, 0.3) is 0 Å². The molecule has 1 unspecified atom stereocenters. The van der Waals surface area contributed by atoms with Gasteiger partial charge in [-0.15, -0.1) is 11.3 Å². The van der Waals surface area contributed by atoms with Crippen LogP contribution in [0.3, 0.4) is 0 Å². The van der Waals surface area contributed by atoms with E-state index in [9.17, 15) is 9.59 Å². The lowest BCUT2D eigenvalue weighted by atomic mass is 9.84. The maximum Gasteiger partial charge on any atom is 0.251 e. The van der Waals surface area contributed by atoms with E-state index < -0.39 is 5.91 Å². The Morgan fingerprint density at radius 2 is 2.19 bits per heavy atom. The number of nitrogen functional groups attached to an aromatic ring is 1. The van der Waals surface area contributed by atoms with Crippen LogP contribution < -0.4 is 11.5 Å². The average molecular weight is 238 g/mol. The van der Waals surface area contributed by atoms with Crippen molar-refractivity contribution in [3.8, 4) is 0 Å². The summed E-state index contributed by atoms with van der Waals surface area (Å²) in [5, 5.41) is 0.377. The summed E-state index contributed by atoms with van der Waals surface area (Å²) in [7, 11) is 0. The Labute approximate surface area is 97.6 Å². The van der Waals surface area contributed by atoms with E-state index in [1.807, 2.05) is 6.92 Å². The maximum absolute atomic E-state index is 11.8. The molecule has 1 aliphatic rings. The van der Waals surface area contributed by atoms with Crippen LogP contribution in [0.1, 0.15) is 45.4 Å². The van der Waals surface area contributed by atoms with Crippen molar-refractivity contribution in [1.82, 2.24) is 0 Å². The highest BCUT2D eigenvalue weighted by molar-refractivity contribution is 7.18. The van der Waals surface area contributed by atoms with Gasteiger partial charge in [0, 0.05) is 6.42 Å². The Kier molecular flexibility index (Phi) is 2.71. The van der Waals surface area contributed by atoms with E-state index in [4.69, 9.17) is 11.5 Å². The molecule has 1 aliphatic carbocycles. The van der Waals surface area contributed by atoms with Gasteiger partial charge in [-0.3, -0.25) is 9.59 Å². The Morgan fingerprint density at radius 3 is 2.75 bits per heavy atom. The number of fused-ring (bicyclic) bond motifs is 1. The first-order valence-corrected chi connectivity index (χ1v) is 6.10. The second-order valence-corrected chi connectivity index (χ2v) is 5.17. The molecule has 1 aromatic heterocycles. The van der Waals surface area contributed by atoms with Crippen molar-refractivity contribution in [3.63, 3.8) is 0 Å². The van der Waals surface area contributed by atoms with Crippen molar-refractivity contribution < 1.29 is 9.59 Å². The zero-order chi connectivity index (χ0) is 11.9. The Morgan fingerprint density at radius 1 is 1.50 bits per heavy atom. The van der Waals surface area contributed by atoms with Crippen molar-refractivity contribution in [2.24, 2.45) is 11.7 Å². The minimum atomic E-state index is -0.528. The molecular weight excluding hydrogens is 224 g/mol. The second-order valence-electron chi connectivity index (χ2n) is 4.12. The first-order chi connectivity index (χ1) is 7.54. The average Bonchev–Trinajstić information content (AvgIpc) is 2.54. The van der Waals surface area contributed by atoms with Gasteiger partial charge in [0.15, 0.2) is 5.78 Å². The molecule has 4 N–H and O–H groups in total. The van der Waals surface area contributed by atoms with E-state index in [2.05, 4.69) is 0 Å². The van der Waals surface area contributed by atoms with Gasteiger partial charge < -0.3 is 11.5 Å². The molecule has 1 amide bonds. The van der Waals surface area contributed by atoms with E-state index in [-0.39, 0.29) is 5.78 Å². The highest BCUT2D eigenvalue weighted by atomic mass is 32.1. The van der Waals surface area contributed by atoms with Crippen molar-refractivity contribution in [3.05, 3.63) is 16.0 Å². The van der Waals surface area contributed by atoms with Crippen LogP contribution in [-0.4, -0.2) is 11.7 Å². The van der Waals surface area contributed by atoms with E-state index in [0.717, 1.165) is 18.4 Å². The number of carbonyl (C=O) groups is 2. The summed E-state index contributed by atoms with van der Waals surface area (Å²) in [5.74, 6) is -0.121. The zero-order valence-corrected chi connectivity index (χ0v) is 9.89. The molecule has 1 heterocycles. The van der Waals surface area contributed by atoms with Gasteiger partial charge in [-0.05, 0) is 17.9 Å². The standard InChI is InChI=1S/C11H14N2O2S/c1-2-5-3-6-8(10(12)15)11(13)16-9(6)7(14)4-5/h5H,2-4,13H2,1H3,(H2,12,15). The highest BCUT2D eigenvalue weighted by Crippen LogP contribution is 2.38. The van der Waals surface area contributed by atoms with Crippen molar-refractivity contribution in [2.75, 3.05) is 5.73 Å². The number of amides is 1. The van der Waals surface area contributed by atoms with Crippen LogP contribution in [0.5, 0.6) is 0 Å². The van der Waals surface area contributed by atoms with Crippen molar-refractivity contribution >= 4 is 28.0 Å². The lowest BCUT2D eigenvalue weighted by Gasteiger charge is -2.20. The van der Waals surface area contributed by atoms with Gasteiger partial charge in [-0.25, -0.2) is 0 Å². The molecule has 0 bridgehead atoms. The van der Waals surface area contributed by atoms with Crippen LogP contribution in [0, 0.1) is 5.92 Å². The summed E-state index contributed by atoms with van der Waals surface area (Å²) < 4.78 is 0. The Hall–Kier alpha value is -1.36. The second kappa shape index (κ2) is 3.90. The lowest BCUT2D eigenvalue weighted by molar-refractivity contribution is 0.0952. The smallest absolute Gasteiger partial charge is 0.251 e. The molecule has 1 atom stereocenters. The van der Waals surface area contributed by atoms with Gasteiger partial charge >= 0.3 is 0 Å². The minimum Gasteiger partial charge on any atom is -0.390 e. The number of thiophene rings is 1. The predicted molar refractivity (Wildman–Crippen MR) is 63.7 cm³/mol. The zero-order valence-electron chi connectivity index (χ0n) is 9.08. The number of hydrogen-bond acceptors (Lipinski definition) is 4. The summed E-state index contributed by atoms with van der Waals surface area (Å²) in [6.07, 6.45) is 2.23. The fraction of sp³-hybridized carbons (Fsp3) is 0.455. The lowest BCUT2D eigenvalue weighted by Crippen LogP contribution is -2.21. The normalized spacial score (nSPS) is 19.6. The molecular formula is C11H14N2O2S. The number of hydrogen-bond donors (Lipinski definition) is 2. The molecule has 5 heteroatoms. The quantitative estimate of drug-likeness (QED) is 0.820. The van der Waals surface area contributed by atoms with Gasteiger partial charge in [0.1, 0.15) is 0 Å². The third kappa shape index (κ3) is 1.61. The van der Waals surface area contributed by atoms with Crippen LogP contribution in [0.4, 0.5) is 5.00 Å². The van der Waals surface area contributed by atoms with Gasteiger partial charge in [-0.1, -0.05) is 13.3 Å². The number of ketones is 1. The molecule has 0 radical (unpaired) electrons. The molecule has 0 aromatic carbocycles. The van der Waals surface area contributed by atoms with Gasteiger partial charge in [0.2, 0.25) is 0 Å². The number of carbonyl (C=O) groups excluding carboxylic acids is 2. The molecule has 16 heavy (non-hydrogen) atoms. The van der Waals surface area contributed by atoms with E-state index in [1.165, 1.54) is 11.3 Å². The summed E-state index contributed by atoms with van der Waals surface area (Å²) in [5.41, 5.74) is 12.2. The number of primary amides is 1. The summed E-state index contributed by atoms with van der Waals surface area (Å²) in [6.45, 7) is 2.04. The highest BCUT2D eigenvalue weighted by Gasteiger charge is 2.31. The topological polar surface area (TPSA) is 86.2 Å². The predicted octanol–water partition coefficient (Wildman–Crippen LogP) is 1.58. The molecule has 0 saturated carbocycles. The largest absolute Gasteiger partial charge is 0.390 e.